The van der Waals surface area contributed by atoms with E-state index in [0.29, 0.717) is 19.3 Å². The van der Waals surface area contributed by atoms with Crippen LogP contribution in [0.3, 0.4) is 0 Å². The number of alkyl halides is 5. The number of halogens is 6. The smallest absolute Gasteiger partial charge is 0.374 e. The number of nitrogens with one attached hydrogen (secondary N) is 1. The molecule has 2 aromatic rings. The van der Waals surface area contributed by atoms with Crippen LogP contribution in [-0.2, 0) is 10.9 Å². The van der Waals surface area contributed by atoms with E-state index in [4.69, 9.17) is 4.74 Å². The summed E-state index contributed by atoms with van der Waals surface area (Å²) in [7, 11) is 0. The third-order valence-corrected chi connectivity index (χ3v) is 5.63. The maximum Gasteiger partial charge on any atom is 0.417 e. The Morgan fingerprint density at radius 3 is 2.48 bits per heavy atom. The number of anilines is 4. The zero-order valence-electron chi connectivity index (χ0n) is 16.0. The number of pyridine rings is 2. The molecule has 2 bridgehead atoms. The first-order valence-electron chi connectivity index (χ1n) is 9.61. The molecule has 0 saturated carbocycles. The molecule has 166 valence electrons. The van der Waals surface area contributed by atoms with E-state index in [-0.39, 0.29) is 35.3 Å². The highest BCUT2D eigenvalue weighted by Crippen LogP contribution is 2.40. The fraction of sp³-hybridized carbons (Fsp3) is 0.474. The second-order valence-electron chi connectivity index (χ2n) is 7.93. The molecule has 6 nitrogen and oxygen atoms in total. The summed E-state index contributed by atoms with van der Waals surface area (Å²) in [6.07, 6.45) is -3.19. The van der Waals surface area contributed by atoms with E-state index >= 15 is 4.39 Å². The minimum absolute atomic E-state index is 0.00192. The molecule has 0 amide bonds. The summed E-state index contributed by atoms with van der Waals surface area (Å²) < 4.78 is 85.8. The first-order valence-corrected chi connectivity index (χ1v) is 9.61. The topological polar surface area (TPSA) is 53.5 Å². The van der Waals surface area contributed by atoms with Gasteiger partial charge in [-0.25, -0.2) is 23.1 Å². The van der Waals surface area contributed by atoms with Gasteiger partial charge in [-0.2, -0.15) is 13.2 Å². The minimum atomic E-state index is -4.53. The Kier molecular flexibility index (Phi) is 4.47. The summed E-state index contributed by atoms with van der Waals surface area (Å²) in [5.74, 6) is -3.47. The Labute approximate surface area is 172 Å². The van der Waals surface area contributed by atoms with Gasteiger partial charge in [0.1, 0.15) is 11.6 Å². The molecular formula is C19H17F6N5O. The number of nitrogens with zero attached hydrogens (tertiary/aromatic N) is 4. The van der Waals surface area contributed by atoms with E-state index in [1.54, 1.807) is 4.90 Å². The average Bonchev–Trinajstić information content (AvgIpc) is 3.30. The fourth-order valence-electron chi connectivity index (χ4n) is 4.10. The molecule has 2 aromatic heterocycles. The molecule has 5 heterocycles. The molecule has 2 unspecified atom stereocenters. The van der Waals surface area contributed by atoms with Crippen LogP contribution in [0.15, 0.2) is 24.4 Å². The maximum absolute atomic E-state index is 15.3. The summed E-state index contributed by atoms with van der Waals surface area (Å²) >= 11 is 0. The summed E-state index contributed by atoms with van der Waals surface area (Å²) in [5.41, 5.74) is -0.962. The fourth-order valence-corrected chi connectivity index (χ4v) is 4.10. The van der Waals surface area contributed by atoms with Crippen LogP contribution >= 0.6 is 0 Å². The number of morpholine rings is 1. The molecule has 3 fully saturated rings. The van der Waals surface area contributed by atoms with Crippen molar-refractivity contribution in [1.82, 2.24) is 9.97 Å². The molecule has 0 spiro atoms. The third-order valence-electron chi connectivity index (χ3n) is 5.63. The van der Waals surface area contributed by atoms with E-state index in [0.717, 1.165) is 18.6 Å². The van der Waals surface area contributed by atoms with Crippen molar-refractivity contribution in [3.63, 3.8) is 0 Å². The number of fused-ring (bicyclic) bond motifs is 2. The van der Waals surface area contributed by atoms with Crippen molar-refractivity contribution in [3.05, 3.63) is 35.8 Å². The quantitative estimate of drug-likeness (QED) is 0.723. The lowest BCUT2D eigenvalue weighted by Crippen LogP contribution is -2.56. The van der Waals surface area contributed by atoms with Gasteiger partial charge in [-0.15, -0.1) is 0 Å². The van der Waals surface area contributed by atoms with E-state index in [1.807, 2.05) is 0 Å². The highest BCUT2D eigenvalue weighted by Gasteiger charge is 2.46. The van der Waals surface area contributed by atoms with Crippen LogP contribution in [-0.4, -0.2) is 54.3 Å². The van der Waals surface area contributed by atoms with Gasteiger partial charge in [0.15, 0.2) is 11.6 Å². The first-order chi connectivity index (χ1) is 14.6. The van der Waals surface area contributed by atoms with Crippen molar-refractivity contribution in [2.45, 2.75) is 30.7 Å². The Morgan fingerprint density at radius 2 is 1.94 bits per heavy atom. The van der Waals surface area contributed by atoms with Crippen molar-refractivity contribution in [2.24, 2.45) is 0 Å². The normalized spacial score (nSPS) is 24.5. The number of rotatable bonds is 4. The maximum atomic E-state index is 15.3. The van der Waals surface area contributed by atoms with Crippen LogP contribution < -0.4 is 15.1 Å². The lowest BCUT2D eigenvalue weighted by atomic mass is 10.1. The number of aromatic nitrogens is 2. The molecule has 3 aliphatic heterocycles. The predicted molar refractivity (Wildman–Crippen MR) is 99.4 cm³/mol. The highest BCUT2D eigenvalue weighted by atomic mass is 19.4. The van der Waals surface area contributed by atoms with Crippen molar-refractivity contribution >= 4 is 23.1 Å². The van der Waals surface area contributed by atoms with E-state index in [1.165, 1.54) is 11.0 Å². The van der Waals surface area contributed by atoms with Gasteiger partial charge in [0, 0.05) is 18.8 Å². The lowest BCUT2D eigenvalue weighted by molar-refractivity contribution is -0.137. The molecule has 0 aromatic carbocycles. The molecule has 0 radical (unpaired) electrons. The molecule has 12 heteroatoms. The van der Waals surface area contributed by atoms with Gasteiger partial charge in [0.2, 0.25) is 0 Å². The van der Waals surface area contributed by atoms with E-state index < -0.39 is 36.6 Å². The van der Waals surface area contributed by atoms with Gasteiger partial charge >= 0.3 is 6.18 Å². The molecule has 3 saturated heterocycles. The van der Waals surface area contributed by atoms with E-state index in [2.05, 4.69) is 15.3 Å². The van der Waals surface area contributed by atoms with Crippen LogP contribution in [0, 0.1) is 5.82 Å². The largest absolute Gasteiger partial charge is 0.417 e. The Hall–Kier alpha value is -2.76. The second-order valence-corrected chi connectivity index (χ2v) is 7.93. The zero-order valence-corrected chi connectivity index (χ0v) is 16.0. The SMILES string of the molecule is Fc1c(N2CC(F)(F)C2)cc(Nc2ccc(C(F)(F)F)cn2)nc1N1CC2CC1CO2. The van der Waals surface area contributed by atoms with Crippen LogP contribution in [0.1, 0.15) is 12.0 Å². The number of hydrogen-bond donors (Lipinski definition) is 1. The molecular weight excluding hydrogens is 428 g/mol. The first kappa shape index (κ1) is 20.2. The predicted octanol–water partition coefficient (Wildman–Crippen LogP) is 3.81. The molecule has 5 rings (SSSR count). The summed E-state index contributed by atoms with van der Waals surface area (Å²) in [6.45, 7) is -0.409. The Balaban J connectivity index is 1.47. The van der Waals surface area contributed by atoms with Crippen LogP contribution in [0.4, 0.5) is 49.5 Å². The summed E-state index contributed by atoms with van der Waals surface area (Å²) in [4.78, 5) is 11.0. The molecule has 2 atom stereocenters. The van der Waals surface area contributed by atoms with Gasteiger partial charge in [0.05, 0.1) is 43.1 Å². The lowest BCUT2D eigenvalue weighted by Gasteiger charge is -2.41. The van der Waals surface area contributed by atoms with Crippen molar-refractivity contribution in [2.75, 3.05) is 41.4 Å². The molecule has 0 aliphatic carbocycles. The monoisotopic (exact) mass is 445 g/mol. The van der Waals surface area contributed by atoms with Crippen LogP contribution in [0.25, 0.3) is 0 Å². The minimum Gasteiger partial charge on any atom is -0.374 e. The number of ether oxygens (including phenoxy) is 1. The molecule has 3 aliphatic rings. The third kappa shape index (κ3) is 3.73. The van der Waals surface area contributed by atoms with Gasteiger partial charge in [-0.05, 0) is 18.6 Å². The van der Waals surface area contributed by atoms with Crippen molar-refractivity contribution < 1.29 is 31.1 Å². The standard InChI is InChI=1S/C19H17F6N5O/c20-16-13(29-8-18(21,22)9-29)4-15(27-14-2-1-10(5-26-14)19(23,24)25)28-17(16)30-6-12-3-11(30)7-31-12/h1-2,4-5,11-12H,3,6-9H2,(H,26,27,28). The van der Waals surface area contributed by atoms with E-state index in [9.17, 15) is 22.0 Å². The van der Waals surface area contributed by atoms with Crippen molar-refractivity contribution in [1.29, 1.82) is 0 Å². The van der Waals surface area contributed by atoms with Gasteiger partial charge in [-0.1, -0.05) is 0 Å². The van der Waals surface area contributed by atoms with Crippen LogP contribution in [0.5, 0.6) is 0 Å². The summed E-state index contributed by atoms with van der Waals surface area (Å²) in [6, 6.07) is 3.17. The molecule has 31 heavy (non-hydrogen) atoms. The van der Waals surface area contributed by atoms with Gasteiger partial charge in [0.25, 0.3) is 5.92 Å². The van der Waals surface area contributed by atoms with Gasteiger partial charge < -0.3 is 19.9 Å². The van der Waals surface area contributed by atoms with Crippen molar-refractivity contribution in [3.8, 4) is 0 Å². The second kappa shape index (κ2) is 6.87. The Morgan fingerprint density at radius 1 is 1.16 bits per heavy atom. The van der Waals surface area contributed by atoms with Crippen LogP contribution in [0.2, 0.25) is 0 Å². The molecule has 1 N–H and O–H groups in total. The summed E-state index contributed by atoms with van der Waals surface area (Å²) in [5, 5.41) is 2.75. The number of hydrogen-bond acceptors (Lipinski definition) is 6. The van der Waals surface area contributed by atoms with Gasteiger partial charge in [-0.3, -0.25) is 0 Å². The zero-order chi connectivity index (χ0) is 22.0. The Bertz CT molecular complexity index is 991. The average molecular weight is 445 g/mol. The highest BCUT2D eigenvalue weighted by molar-refractivity contribution is 5.68.